The molecule has 6 nitrogen and oxygen atoms in total. The molecule has 0 saturated carbocycles. The molecule has 116 valence electrons. The molecule has 3 rings (SSSR count). The summed E-state index contributed by atoms with van der Waals surface area (Å²) in [5.74, 6) is 0.293. The highest BCUT2D eigenvalue weighted by atomic mass is 16.5. The van der Waals surface area contributed by atoms with Crippen molar-refractivity contribution in [1.29, 1.82) is 0 Å². The van der Waals surface area contributed by atoms with Crippen molar-refractivity contribution in [2.45, 2.75) is 26.3 Å². The van der Waals surface area contributed by atoms with Gasteiger partial charge in [-0.25, -0.2) is 9.97 Å². The van der Waals surface area contributed by atoms with Crippen molar-refractivity contribution in [3.8, 4) is 0 Å². The second-order valence-corrected chi connectivity index (χ2v) is 5.49. The van der Waals surface area contributed by atoms with Gasteiger partial charge in [0, 0.05) is 12.7 Å². The van der Waals surface area contributed by atoms with Crippen LogP contribution < -0.4 is 0 Å². The maximum atomic E-state index is 8.77. The molecule has 6 heteroatoms. The van der Waals surface area contributed by atoms with Crippen molar-refractivity contribution >= 4 is 22.1 Å². The number of pyridine rings is 2. The summed E-state index contributed by atoms with van der Waals surface area (Å²) in [6.45, 7) is 5.82. The molecule has 0 bridgehead atoms. The zero-order valence-electron chi connectivity index (χ0n) is 12.9. The van der Waals surface area contributed by atoms with Crippen molar-refractivity contribution in [3.63, 3.8) is 0 Å². The summed E-state index contributed by atoms with van der Waals surface area (Å²) < 4.78 is 7.41. The van der Waals surface area contributed by atoms with Gasteiger partial charge in [-0.2, -0.15) is 0 Å². The predicted molar refractivity (Wildman–Crippen MR) is 84.8 cm³/mol. The Morgan fingerprint density at radius 3 is 2.86 bits per heavy atom. The van der Waals surface area contributed by atoms with E-state index in [9.17, 15) is 0 Å². The highest BCUT2D eigenvalue weighted by Crippen LogP contribution is 2.28. The lowest BCUT2D eigenvalue weighted by molar-refractivity contribution is 0.0875. The quantitative estimate of drug-likeness (QED) is 0.706. The van der Waals surface area contributed by atoms with Gasteiger partial charge < -0.3 is 14.4 Å². The number of fused-ring (bicyclic) bond motifs is 3. The fourth-order valence-corrected chi connectivity index (χ4v) is 2.57. The smallest absolute Gasteiger partial charge is 0.115 e. The van der Waals surface area contributed by atoms with Gasteiger partial charge in [-0.05, 0) is 18.1 Å². The fraction of sp³-hybridized carbons (Fsp3) is 0.438. The first kappa shape index (κ1) is 14.9. The van der Waals surface area contributed by atoms with E-state index in [1.54, 1.807) is 6.20 Å². The summed E-state index contributed by atoms with van der Waals surface area (Å²) in [5.41, 5.74) is 4.65. The second kappa shape index (κ2) is 6.37. The number of hydrogen-bond donors (Lipinski definition) is 1. The van der Waals surface area contributed by atoms with Crippen LogP contribution in [-0.4, -0.2) is 44.4 Å². The molecule has 3 heterocycles. The van der Waals surface area contributed by atoms with Crippen LogP contribution in [0.5, 0.6) is 0 Å². The van der Waals surface area contributed by atoms with Crippen LogP contribution in [0.2, 0.25) is 0 Å². The van der Waals surface area contributed by atoms with Crippen LogP contribution >= 0.6 is 0 Å². The monoisotopic (exact) mass is 300 g/mol. The molecule has 1 N–H and O–H groups in total. The van der Waals surface area contributed by atoms with Crippen LogP contribution in [-0.2, 0) is 11.3 Å². The normalized spacial score (nSPS) is 11.8. The van der Waals surface area contributed by atoms with Crippen molar-refractivity contribution in [2.24, 2.45) is 0 Å². The topological polar surface area (TPSA) is 73.1 Å². The van der Waals surface area contributed by atoms with Gasteiger partial charge in [0.05, 0.1) is 42.9 Å². The molecule has 22 heavy (non-hydrogen) atoms. The molecule has 0 aliphatic heterocycles. The molecule has 0 saturated heterocycles. The number of hydrogen-bond acceptors (Lipinski definition) is 5. The van der Waals surface area contributed by atoms with E-state index in [0.29, 0.717) is 25.7 Å². The van der Waals surface area contributed by atoms with E-state index < -0.39 is 0 Å². The SMILES string of the molecule is CC(C)c1nc2cccnc2c2c1ncn2CCOCCO. The third kappa shape index (κ3) is 2.67. The van der Waals surface area contributed by atoms with Gasteiger partial charge in [-0.3, -0.25) is 4.98 Å². The maximum Gasteiger partial charge on any atom is 0.115 e. The van der Waals surface area contributed by atoms with E-state index >= 15 is 0 Å². The minimum atomic E-state index is 0.0383. The fourth-order valence-electron chi connectivity index (χ4n) is 2.57. The van der Waals surface area contributed by atoms with Gasteiger partial charge in [0.25, 0.3) is 0 Å². The third-order valence-corrected chi connectivity index (χ3v) is 3.59. The van der Waals surface area contributed by atoms with E-state index in [0.717, 1.165) is 27.8 Å². The molecule has 0 amide bonds. The Kier molecular flexibility index (Phi) is 4.31. The highest BCUT2D eigenvalue weighted by Gasteiger charge is 2.16. The first-order chi connectivity index (χ1) is 10.7. The second-order valence-electron chi connectivity index (χ2n) is 5.49. The van der Waals surface area contributed by atoms with Gasteiger partial charge in [-0.1, -0.05) is 13.8 Å². The molecule has 0 aromatic carbocycles. The van der Waals surface area contributed by atoms with Gasteiger partial charge in [0.15, 0.2) is 0 Å². The number of ether oxygens (including phenoxy) is 1. The average molecular weight is 300 g/mol. The molecule has 3 aromatic heterocycles. The van der Waals surface area contributed by atoms with E-state index in [1.807, 2.05) is 18.5 Å². The number of aromatic nitrogens is 4. The number of aliphatic hydroxyl groups excluding tert-OH is 1. The summed E-state index contributed by atoms with van der Waals surface area (Å²) >= 11 is 0. The number of nitrogens with zero attached hydrogens (tertiary/aromatic N) is 4. The van der Waals surface area contributed by atoms with Crippen LogP contribution in [0.3, 0.4) is 0 Å². The molecule has 0 aliphatic rings. The van der Waals surface area contributed by atoms with Crippen LogP contribution in [0.25, 0.3) is 22.1 Å². The Morgan fingerprint density at radius 2 is 2.09 bits per heavy atom. The number of aliphatic hydroxyl groups is 1. The molecule has 0 fully saturated rings. The number of imidazole rings is 1. The summed E-state index contributed by atoms with van der Waals surface area (Å²) in [5, 5.41) is 8.77. The summed E-state index contributed by atoms with van der Waals surface area (Å²) in [7, 11) is 0. The summed E-state index contributed by atoms with van der Waals surface area (Å²) in [6.07, 6.45) is 3.59. The van der Waals surface area contributed by atoms with Gasteiger partial charge in [0.1, 0.15) is 11.0 Å². The Labute approximate surface area is 128 Å². The van der Waals surface area contributed by atoms with Crippen molar-refractivity contribution in [3.05, 3.63) is 30.4 Å². The Balaban J connectivity index is 2.10. The molecular formula is C16H20N4O2. The number of rotatable bonds is 6. The molecule has 0 unspecified atom stereocenters. The molecule has 0 spiro atoms. The predicted octanol–water partition coefficient (Wildman–Crippen LogP) is 2.11. The van der Waals surface area contributed by atoms with Crippen LogP contribution in [0.15, 0.2) is 24.7 Å². The standard InChI is InChI=1S/C16H20N4O2/c1-11(2)13-15-16(14-12(19-13)4-3-5-17-14)20(10-18-15)6-8-22-9-7-21/h3-5,10-11,21H,6-9H2,1-2H3. The summed E-state index contributed by atoms with van der Waals surface area (Å²) in [6, 6.07) is 3.88. The summed E-state index contributed by atoms with van der Waals surface area (Å²) in [4.78, 5) is 13.8. The highest BCUT2D eigenvalue weighted by molar-refractivity contribution is 6.00. The molecule has 0 atom stereocenters. The van der Waals surface area contributed by atoms with Crippen LogP contribution in [0.1, 0.15) is 25.5 Å². The third-order valence-electron chi connectivity index (χ3n) is 3.59. The average Bonchev–Trinajstić information content (AvgIpc) is 2.95. The van der Waals surface area contributed by atoms with Gasteiger partial charge >= 0.3 is 0 Å². The first-order valence-corrected chi connectivity index (χ1v) is 7.50. The van der Waals surface area contributed by atoms with Crippen molar-refractivity contribution < 1.29 is 9.84 Å². The first-order valence-electron chi connectivity index (χ1n) is 7.50. The zero-order valence-corrected chi connectivity index (χ0v) is 12.9. The Bertz CT molecular complexity index is 782. The molecule has 3 aromatic rings. The zero-order chi connectivity index (χ0) is 15.5. The molecule has 0 aliphatic carbocycles. The van der Waals surface area contributed by atoms with E-state index in [4.69, 9.17) is 14.8 Å². The Morgan fingerprint density at radius 1 is 1.23 bits per heavy atom. The lowest BCUT2D eigenvalue weighted by Crippen LogP contribution is -2.08. The minimum absolute atomic E-state index is 0.0383. The lowest BCUT2D eigenvalue weighted by atomic mass is 10.1. The lowest BCUT2D eigenvalue weighted by Gasteiger charge is -2.10. The maximum absolute atomic E-state index is 8.77. The van der Waals surface area contributed by atoms with E-state index in [2.05, 4.69) is 28.4 Å². The largest absolute Gasteiger partial charge is 0.394 e. The molecular weight excluding hydrogens is 280 g/mol. The van der Waals surface area contributed by atoms with Gasteiger partial charge in [0.2, 0.25) is 0 Å². The Hall–Kier alpha value is -2.05. The van der Waals surface area contributed by atoms with E-state index in [-0.39, 0.29) is 6.61 Å². The van der Waals surface area contributed by atoms with Crippen molar-refractivity contribution in [2.75, 3.05) is 19.8 Å². The molecule has 0 radical (unpaired) electrons. The minimum Gasteiger partial charge on any atom is -0.394 e. The van der Waals surface area contributed by atoms with Crippen molar-refractivity contribution in [1.82, 2.24) is 19.5 Å². The van der Waals surface area contributed by atoms with E-state index in [1.165, 1.54) is 0 Å². The van der Waals surface area contributed by atoms with Gasteiger partial charge in [-0.15, -0.1) is 0 Å². The van der Waals surface area contributed by atoms with Crippen LogP contribution in [0, 0.1) is 0 Å². The van der Waals surface area contributed by atoms with Crippen LogP contribution in [0.4, 0.5) is 0 Å².